The SMILES string of the molecule is Cc1c(-c2cn[nH]c2)cnc2[nH]c(-c3ccc(NCCCN(C)C)cc3)c(CC(C)(C)O)c12. The van der Waals surface area contributed by atoms with Gasteiger partial charge < -0.3 is 20.3 Å². The fourth-order valence-electron chi connectivity index (χ4n) is 4.31. The summed E-state index contributed by atoms with van der Waals surface area (Å²) in [5, 5.41) is 22.2. The highest BCUT2D eigenvalue weighted by Gasteiger charge is 2.24. The lowest BCUT2D eigenvalue weighted by atomic mass is 9.91. The number of nitrogens with zero attached hydrogens (tertiary/aromatic N) is 3. The van der Waals surface area contributed by atoms with E-state index in [1.54, 1.807) is 0 Å². The number of aliphatic hydroxyl groups is 1. The third-order valence-electron chi connectivity index (χ3n) is 5.89. The Morgan fingerprint density at radius 2 is 1.85 bits per heavy atom. The fourth-order valence-corrected chi connectivity index (χ4v) is 4.31. The molecule has 4 N–H and O–H groups in total. The first-order chi connectivity index (χ1) is 15.7. The lowest BCUT2D eigenvalue weighted by molar-refractivity contribution is 0.0814. The van der Waals surface area contributed by atoms with E-state index in [1.165, 1.54) is 0 Å². The van der Waals surface area contributed by atoms with Crippen molar-refractivity contribution in [3.05, 3.63) is 54.0 Å². The molecule has 0 radical (unpaired) electrons. The Morgan fingerprint density at radius 3 is 2.48 bits per heavy atom. The molecule has 4 rings (SSSR count). The number of benzene rings is 1. The van der Waals surface area contributed by atoms with Crippen LogP contribution in [0.1, 0.15) is 31.4 Å². The Bertz CT molecular complexity index is 1200. The van der Waals surface area contributed by atoms with Gasteiger partial charge in [-0.2, -0.15) is 5.10 Å². The Labute approximate surface area is 195 Å². The van der Waals surface area contributed by atoms with E-state index < -0.39 is 5.60 Å². The van der Waals surface area contributed by atoms with Crippen LogP contribution in [0.2, 0.25) is 0 Å². The van der Waals surface area contributed by atoms with Gasteiger partial charge in [0.05, 0.1) is 17.5 Å². The molecular formula is C26H34N6O. The second kappa shape index (κ2) is 9.37. The number of hydrogen-bond donors (Lipinski definition) is 4. The van der Waals surface area contributed by atoms with Crippen molar-refractivity contribution in [2.45, 2.75) is 39.2 Å². The van der Waals surface area contributed by atoms with Crippen LogP contribution < -0.4 is 5.32 Å². The van der Waals surface area contributed by atoms with Gasteiger partial charge in [-0.25, -0.2) is 4.98 Å². The summed E-state index contributed by atoms with van der Waals surface area (Å²) in [4.78, 5) is 10.4. The maximum Gasteiger partial charge on any atom is 0.138 e. The number of aromatic nitrogens is 4. The number of aromatic amines is 2. The first kappa shape index (κ1) is 23.0. The summed E-state index contributed by atoms with van der Waals surface area (Å²) < 4.78 is 0. The Balaban J connectivity index is 1.71. The molecule has 0 aliphatic rings. The van der Waals surface area contributed by atoms with Gasteiger partial charge in [-0.15, -0.1) is 0 Å². The van der Waals surface area contributed by atoms with E-state index in [0.717, 1.165) is 69.7 Å². The van der Waals surface area contributed by atoms with Crippen LogP contribution in [-0.4, -0.2) is 63.0 Å². The van der Waals surface area contributed by atoms with Gasteiger partial charge in [0.25, 0.3) is 0 Å². The number of rotatable bonds is 9. The zero-order chi connectivity index (χ0) is 23.6. The van der Waals surface area contributed by atoms with E-state index in [4.69, 9.17) is 4.98 Å². The quantitative estimate of drug-likeness (QED) is 0.282. The third kappa shape index (κ3) is 5.26. The van der Waals surface area contributed by atoms with E-state index in [2.05, 4.69) is 70.7 Å². The van der Waals surface area contributed by atoms with Gasteiger partial charge in [0.15, 0.2) is 0 Å². The zero-order valence-corrected chi connectivity index (χ0v) is 20.2. The Hall–Kier alpha value is -3.16. The Morgan fingerprint density at radius 1 is 1.09 bits per heavy atom. The van der Waals surface area contributed by atoms with E-state index in [0.29, 0.717) is 6.42 Å². The minimum Gasteiger partial charge on any atom is -0.390 e. The third-order valence-corrected chi connectivity index (χ3v) is 5.89. The predicted octanol–water partition coefficient (Wildman–Crippen LogP) is 4.61. The standard InChI is InChI=1S/C26H34N6O/c1-17-22(19-14-29-30-15-19)16-28-25-23(17)21(13-26(2,3)33)24(31-25)18-7-9-20(10-8-18)27-11-6-12-32(4)5/h7-10,14-16,27,33H,6,11-13H2,1-5H3,(H,28,31)(H,29,30). The number of fused-ring (bicyclic) bond motifs is 1. The average molecular weight is 447 g/mol. The average Bonchev–Trinajstić information content (AvgIpc) is 3.40. The van der Waals surface area contributed by atoms with E-state index in [9.17, 15) is 5.11 Å². The predicted molar refractivity (Wildman–Crippen MR) is 136 cm³/mol. The number of H-pyrrole nitrogens is 2. The van der Waals surface area contributed by atoms with E-state index in [1.807, 2.05) is 32.4 Å². The van der Waals surface area contributed by atoms with Crippen LogP contribution in [-0.2, 0) is 6.42 Å². The molecule has 0 unspecified atom stereocenters. The van der Waals surface area contributed by atoms with Crippen LogP contribution in [0.5, 0.6) is 0 Å². The number of nitrogens with one attached hydrogen (secondary N) is 3. The molecule has 7 heteroatoms. The topological polar surface area (TPSA) is 92.9 Å². The van der Waals surface area contributed by atoms with Crippen molar-refractivity contribution in [2.24, 2.45) is 0 Å². The molecule has 0 amide bonds. The monoisotopic (exact) mass is 446 g/mol. The summed E-state index contributed by atoms with van der Waals surface area (Å²) in [6.45, 7) is 7.80. The minimum absolute atomic E-state index is 0.518. The molecule has 174 valence electrons. The molecule has 0 saturated heterocycles. The van der Waals surface area contributed by atoms with Crippen molar-refractivity contribution in [3.63, 3.8) is 0 Å². The van der Waals surface area contributed by atoms with Gasteiger partial charge in [0.2, 0.25) is 0 Å². The van der Waals surface area contributed by atoms with Crippen molar-refractivity contribution < 1.29 is 5.11 Å². The first-order valence-corrected chi connectivity index (χ1v) is 11.4. The molecule has 1 aromatic carbocycles. The van der Waals surface area contributed by atoms with Crippen molar-refractivity contribution in [1.29, 1.82) is 0 Å². The lowest BCUT2D eigenvalue weighted by Crippen LogP contribution is -2.22. The van der Waals surface area contributed by atoms with Crippen LogP contribution in [0.15, 0.2) is 42.9 Å². The van der Waals surface area contributed by atoms with Crippen LogP contribution >= 0.6 is 0 Å². The maximum absolute atomic E-state index is 10.7. The molecule has 0 fully saturated rings. The number of hydrogen-bond acceptors (Lipinski definition) is 5. The largest absolute Gasteiger partial charge is 0.390 e. The summed E-state index contributed by atoms with van der Waals surface area (Å²) in [5.41, 5.74) is 7.42. The van der Waals surface area contributed by atoms with Gasteiger partial charge in [0.1, 0.15) is 5.65 Å². The summed E-state index contributed by atoms with van der Waals surface area (Å²) in [5.74, 6) is 0. The molecule has 3 heterocycles. The van der Waals surface area contributed by atoms with Crippen LogP contribution in [0.4, 0.5) is 5.69 Å². The van der Waals surface area contributed by atoms with Gasteiger partial charge in [-0.1, -0.05) is 12.1 Å². The normalized spacial score (nSPS) is 12.1. The fraction of sp³-hybridized carbons (Fsp3) is 0.385. The van der Waals surface area contributed by atoms with Crippen molar-refractivity contribution in [3.8, 4) is 22.4 Å². The molecule has 3 aromatic heterocycles. The highest BCUT2D eigenvalue weighted by atomic mass is 16.3. The summed E-state index contributed by atoms with van der Waals surface area (Å²) in [6, 6.07) is 8.47. The van der Waals surface area contributed by atoms with Crippen LogP contribution in [0.3, 0.4) is 0 Å². The molecular weight excluding hydrogens is 412 g/mol. The molecule has 4 aromatic rings. The molecule has 0 saturated carbocycles. The summed E-state index contributed by atoms with van der Waals surface area (Å²) in [6.07, 6.45) is 7.19. The summed E-state index contributed by atoms with van der Waals surface area (Å²) in [7, 11) is 4.18. The number of aryl methyl sites for hydroxylation is 1. The lowest BCUT2D eigenvalue weighted by Gasteiger charge is -2.19. The number of pyridine rings is 1. The van der Waals surface area contributed by atoms with Gasteiger partial charge in [-0.3, -0.25) is 5.10 Å². The van der Waals surface area contributed by atoms with Gasteiger partial charge in [-0.05, 0) is 76.7 Å². The van der Waals surface area contributed by atoms with Crippen molar-refractivity contribution >= 4 is 16.7 Å². The molecule has 7 nitrogen and oxygen atoms in total. The maximum atomic E-state index is 10.7. The smallest absolute Gasteiger partial charge is 0.138 e. The van der Waals surface area contributed by atoms with Crippen molar-refractivity contribution in [1.82, 2.24) is 25.1 Å². The molecule has 0 atom stereocenters. The molecule has 33 heavy (non-hydrogen) atoms. The van der Waals surface area contributed by atoms with Gasteiger partial charge in [0, 0.05) is 47.6 Å². The van der Waals surface area contributed by atoms with Crippen LogP contribution in [0.25, 0.3) is 33.4 Å². The summed E-state index contributed by atoms with van der Waals surface area (Å²) >= 11 is 0. The second-order valence-corrected chi connectivity index (χ2v) is 9.64. The number of anilines is 1. The molecule has 0 bridgehead atoms. The first-order valence-electron chi connectivity index (χ1n) is 11.4. The minimum atomic E-state index is -0.851. The molecule has 0 spiro atoms. The Kier molecular flexibility index (Phi) is 6.54. The molecule has 0 aliphatic heterocycles. The zero-order valence-electron chi connectivity index (χ0n) is 20.2. The van der Waals surface area contributed by atoms with E-state index >= 15 is 0 Å². The van der Waals surface area contributed by atoms with Crippen LogP contribution in [0, 0.1) is 6.92 Å². The highest BCUT2D eigenvalue weighted by Crippen LogP contribution is 2.37. The molecule has 0 aliphatic carbocycles. The van der Waals surface area contributed by atoms with Crippen molar-refractivity contribution in [2.75, 3.05) is 32.5 Å². The highest BCUT2D eigenvalue weighted by molar-refractivity contribution is 5.94. The second-order valence-electron chi connectivity index (χ2n) is 9.64. The van der Waals surface area contributed by atoms with E-state index in [-0.39, 0.29) is 0 Å². The van der Waals surface area contributed by atoms with Gasteiger partial charge >= 0.3 is 0 Å².